The van der Waals surface area contributed by atoms with Crippen LogP contribution in [0.15, 0.2) is 54.6 Å². The van der Waals surface area contributed by atoms with Crippen molar-refractivity contribution in [3.8, 4) is 11.1 Å². The lowest BCUT2D eigenvalue weighted by molar-refractivity contribution is -0.121. The number of carbonyl (C=O) groups excluding carboxylic acids is 2. The summed E-state index contributed by atoms with van der Waals surface area (Å²) in [4.78, 5) is 24.2. The Hall–Kier alpha value is -2.66. The number of hydrogen-bond acceptors (Lipinski definition) is 3. The van der Waals surface area contributed by atoms with E-state index in [1.165, 1.54) is 0 Å². The Morgan fingerprint density at radius 2 is 1.50 bits per heavy atom. The van der Waals surface area contributed by atoms with Crippen LogP contribution < -0.4 is 10.6 Å². The van der Waals surface area contributed by atoms with Crippen molar-refractivity contribution >= 4 is 11.8 Å². The van der Waals surface area contributed by atoms with Crippen LogP contribution in [-0.4, -0.2) is 35.6 Å². The molecule has 0 radical (unpaired) electrons. The summed E-state index contributed by atoms with van der Waals surface area (Å²) >= 11 is 0. The fourth-order valence-corrected chi connectivity index (χ4v) is 3.21. The highest BCUT2D eigenvalue weighted by Crippen LogP contribution is 2.19. The van der Waals surface area contributed by atoms with E-state index in [9.17, 15) is 14.7 Å². The Morgan fingerprint density at radius 3 is 2.15 bits per heavy atom. The molecule has 0 heterocycles. The Kier molecular flexibility index (Phi) is 6.02. The van der Waals surface area contributed by atoms with Gasteiger partial charge >= 0.3 is 0 Å². The van der Waals surface area contributed by atoms with Gasteiger partial charge in [0.25, 0.3) is 5.91 Å². The van der Waals surface area contributed by atoms with Crippen molar-refractivity contribution in [2.75, 3.05) is 6.54 Å². The molecule has 0 spiro atoms. The molecule has 2 aromatic rings. The van der Waals surface area contributed by atoms with Gasteiger partial charge in [-0.15, -0.1) is 0 Å². The molecular weight excluding hydrogens is 328 g/mol. The van der Waals surface area contributed by atoms with E-state index in [2.05, 4.69) is 10.6 Å². The summed E-state index contributed by atoms with van der Waals surface area (Å²) in [6.45, 7) is -0.0433. The summed E-state index contributed by atoms with van der Waals surface area (Å²) in [5.74, 6) is -0.459. The van der Waals surface area contributed by atoms with E-state index in [0.717, 1.165) is 24.0 Å². The average Bonchev–Trinajstić information content (AvgIpc) is 2.69. The first-order valence-corrected chi connectivity index (χ1v) is 9.03. The molecule has 1 aliphatic rings. The summed E-state index contributed by atoms with van der Waals surface area (Å²) in [5.41, 5.74) is 2.66. The van der Waals surface area contributed by atoms with E-state index >= 15 is 0 Å². The quantitative estimate of drug-likeness (QED) is 0.774. The van der Waals surface area contributed by atoms with Crippen LogP contribution in [-0.2, 0) is 4.79 Å². The van der Waals surface area contributed by atoms with Gasteiger partial charge in [0.15, 0.2) is 0 Å². The third kappa shape index (κ3) is 4.92. The second kappa shape index (κ2) is 8.63. The van der Waals surface area contributed by atoms with Crippen LogP contribution in [0.4, 0.5) is 0 Å². The molecule has 1 saturated carbocycles. The van der Waals surface area contributed by atoms with Gasteiger partial charge in [0.1, 0.15) is 0 Å². The number of rotatable bonds is 5. The van der Waals surface area contributed by atoms with Crippen molar-refractivity contribution in [3.05, 3.63) is 60.2 Å². The molecule has 2 amide bonds. The number of aliphatic hydroxyl groups excluding tert-OH is 1. The Bertz CT molecular complexity index is 736. The highest BCUT2D eigenvalue weighted by Gasteiger charge is 2.20. The first kappa shape index (κ1) is 18.1. The van der Waals surface area contributed by atoms with E-state index in [0.29, 0.717) is 18.4 Å². The van der Waals surface area contributed by atoms with Gasteiger partial charge in [-0.2, -0.15) is 0 Å². The fourth-order valence-electron chi connectivity index (χ4n) is 3.21. The molecule has 1 aliphatic carbocycles. The molecule has 1 fully saturated rings. The van der Waals surface area contributed by atoms with Crippen LogP contribution in [0.1, 0.15) is 36.0 Å². The molecule has 26 heavy (non-hydrogen) atoms. The van der Waals surface area contributed by atoms with Crippen LogP contribution in [0.3, 0.4) is 0 Å². The second-order valence-corrected chi connectivity index (χ2v) is 6.70. The molecule has 2 aromatic carbocycles. The van der Waals surface area contributed by atoms with Gasteiger partial charge in [-0.05, 0) is 48.9 Å². The lowest BCUT2D eigenvalue weighted by atomic mass is 9.93. The normalized spacial score (nSPS) is 19.6. The predicted molar refractivity (Wildman–Crippen MR) is 101 cm³/mol. The summed E-state index contributed by atoms with van der Waals surface area (Å²) in [6, 6.07) is 17.4. The summed E-state index contributed by atoms with van der Waals surface area (Å²) in [7, 11) is 0. The van der Waals surface area contributed by atoms with Gasteiger partial charge in [0.05, 0.1) is 12.6 Å². The third-order valence-electron chi connectivity index (χ3n) is 4.73. The number of amides is 2. The monoisotopic (exact) mass is 352 g/mol. The predicted octanol–water partition coefficient (Wildman–Crippen LogP) is 2.50. The molecule has 0 unspecified atom stereocenters. The van der Waals surface area contributed by atoms with Crippen molar-refractivity contribution < 1.29 is 14.7 Å². The van der Waals surface area contributed by atoms with Gasteiger partial charge in [0.2, 0.25) is 5.91 Å². The van der Waals surface area contributed by atoms with Crippen LogP contribution in [0.25, 0.3) is 11.1 Å². The third-order valence-corrected chi connectivity index (χ3v) is 4.73. The molecule has 3 N–H and O–H groups in total. The summed E-state index contributed by atoms with van der Waals surface area (Å²) < 4.78 is 0. The van der Waals surface area contributed by atoms with E-state index in [1.807, 2.05) is 42.5 Å². The first-order valence-electron chi connectivity index (χ1n) is 9.03. The minimum absolute atomic E-state index is 0.0433. The lowest BCUT2D eigenvalue weighted by Crippen LogP contribution is -2.43. The SMILES string of the molecule is O=C(CNC(=O)c1ccc(-c2ccccc2)cc1)NC1CCC(O)CC1. The molecule has 0 aromatic heterocycles. The highest BCUT2D eigenvalue weighted by atomic mass is 16.3. The van der Waals surface area contributed by atoms with Gasteiger partial charge in [-0.3, -0.25) is 9.59 Å². The number of aliphatic hydroxyl groups is 1. The molecule has 3 rings (SSSR count). The molecule has 0 atom stereocenters. The fraction of sp³-hybridized carbons (Fsp3) is 0.333. The standard InChI is InChI=1S/C21H24N2O3/c24-19-12-10-18(11-13-19)23-20(25)14-22-21(26)17-8-6-16(7-9-17)15-4-2-1-3-5-15/h1-9,18-19,24H,10-14H2,(H,22,26)(H,23,25). The Balaban J connectivity index is 1.48. The average molecular weight is 352 g/mol. The van der Waals surface area contributed by atoms with Crippen LogP contribution in [0.5, 0.6) is 0 Å². The minimum Gasteiger partial charge on any atom is -0.393 e. The zero-order valence-corrected chi connectivity index (χ0v) is 14.7. The first-order chi connectivity index (χ1) is 12.6. The van der Waals surface area contributed by atoms with E-state index in [1.54, 1.807) is 12.1 Å². The molecular formula is C21H24N2O3. The van der Waals surface area contributed by atoms with E-state index < -0.39 is 0 Å². The maximum Gasteiger partial charge on any atom is 0.251 e. The van der Waals surface area contributed by atoms with Crippen molar-refractivity contribution in [1.82, 2.24) is 10.6 Å². The zero-order chi connectivity index (χ0) is 18.4. The maximum atomic E-state index is 12.2. The zero-order valence-electron chi connectivity index (χ0n) is 14.7. The molecule has 0 saturated heterocycles. The molecule has 0 bridgehead atoms. The van der Waals surface area contributed by atoms with Crippen molar-refractivity contribution in [3.63, 3.8) is 0 Å². The van der Waals surface area contributed by atoms with Gasteiger partial charge < -0.3 is 15.7 Å². The number of nitrogens with one attached hydrogen (secondary N) is 2. The Labute approximate surface area is 153 Å². The molecule has 5 heteroatoms. The van der Waals surface area contributed by atoms with Gasteiger partial charge in [-0.1, -0.05) is 42.5 Å². The van der Waals surface area contributed by atoms with Crippen molar-refractivity contribution in [2.24, 2.45) is 0 Å². The van der Waals surface area contributed by atoms with Crippen LogP contribution >= 0.6 is 0 Å². The second-order valence-electron chi connectivity index (χ2n) is 6.70. The van der Waals surface area contributed by atoms with Gasteiger partial charge in [-0.25, -0.2) is 0 Å². The highest BCUT2D eigenvalue weighted by molar-refractivity contribution is 5.96. The van der Waals surface area contributed by atoms with E-state index in [-0.39, 0.29) is 30.5 Å². The maximum absolute atomic E-state index is 12.2. The minimum atomic E-state index is -0.265. The molecule has 136 valence electrons. The number of carbonyl (C=O) groups is 2. The topological polar surface area (TPSA) is 78.4 Å². The number of benzene rings is 2. The smallest absolute Gasteiger partial charge is 0.251 e. The van der Waals surface area contributed by atoms with Gasteiger partial charge in [0, 0.05) is 11.6 Å². The van der Waals surface area contributed by atoms with Crippen LogP contribution in [0, 0.1) is 0 Å². The van der Waals surface area contributed by atoms with Crippen molar-refractivity contribution in [1.29, 1.82) is 0 Å². The van der Waals surface area contributed by atoms with E-state index in [4.69, 9.17) is 0 Å². The van der Waals surface area contributed by atoms with Crippen molar-refractivity contribution in [2.45, 2.75) is 37.8 Å². The molecule has 0 aliphatic heterocycles. The largest absolute Gasteiger partial charge is 0.393 e. The molecule has 5 nitrogen and oxygen atoms in total. The lowest BCUT2D eigenvalue weighted by Gasteiger charge is -2.26. The van der Waals surface area contributed by atoms with Crippen LogP contribution in [0.2, 0.25) is 0 Å². The number of hydrogen-bond donors (Lipinski definition) is 3. The Morgan fingerprint density at radius 1 is 0.885 bits per heavy atom. The summed E-state index contributed by atoms with van der Waals surface area (Å²) in [6.07, 6.45) is 2.74. The summed E-state index contributed by atoms with van der Waals surface area (Å²) in [5, 5.41) is 15.1.